The molecular weight excluding hydrogens is 533 g/mol. The van der Waals surface area contributed by atoms with E-state index in [0.717, 1.165) is 19.3 Å². The van der Waals surface area contributed by atoms with Crippen LogP contribution in [0.15, 0.2) is 35.5 Å². The van der Waals surface area contributed by atoms with Gasteiger partial charge >= 0.3 is 11.4 Å². The highest BCUT2D eigenvalue weighted by Crippen LogP contribution is 2.51. The number of alkyl halides is 3. The van der Waals surface area contributed by atoms with Crippen molar-refractivity contribution < 1.29 is 23.1 Å². The van der Waals surface area contributed by atoms with Crippen molar-refractivity contribution in [1.29, 1.82) is 5.26 Å². The van der Waals surface area contributed by atoms with E-state index in [1.54, 1.807) is 25.1 Å². The van der Waals surface area contributed by atoms with Gasteiger partial charge in [-0.05, 0) is 80.6 Å². The lowest BCUT2D eigenvalue weighted by Crippen LogP contribution is -2.42. The molecule has 36 heavy (non-hydrogen) atoms. The van der Waals surface area contributed by atoms with Crippen LogP contribution in [0.4, 0.5) is 8.78 Å². The first-order chi connectivity index (χ1) is 16.7. The molecule has 10 heteroatoms. The molecule has 2 aromatic rings. The second kappa shape index (κ2) is 10.5. The summed E-state index contributed by atoms with van der Waals surface area (Å²) < 4.78 is 35.2. The van der Waals surface area contributed by atoms with E-state index in [2.05, 4.69) is 12.1 Å². The summed E-state index contributed by atoms with van der Waals surface area (Å²) in [6.45, 7) is 7.51. The first-order valence-corrected chi connectivity index (χ1v) is 12.4. The Balaban J connectivity index is 1.90. The zero-order valence-corrected chi connectivity index (χ0v) is 22.5. The number of nitriles is 1. The highest BCUT2D eigenvalue weighted by atomic mass is 35.5. The van der Waals surface area contributed by atoms with E-state index in [4.69, 9.17) is 44.4 Å². The number of halogens is 5. The van der Waals surface area contributed by atoms with Crippen LogP contribution in [0.5, 0.6) is 0 Å². The second-order valence-electron chi connectivity index (χ2n) is 9.34. The van der Waals surface area contributed by atoms with Gasteiger partial charge in [-0.25, -0.2) is 4.79 Å². The largest absolute Gasteiger partial charge is 0.456 e. The number of benzene rings is 2. The third kappa shape index (κ3) is 5.61. The van der Waals surface area contributed by atoms with Gasteiger partial charge in [0.15, 0.2) is 0 Å². The van der Waals surface area contributed by atoms with E-state index in [-0.39, 0.29) is 26.9 Å². The van der Waals surface area contributed by atoms with Crippen molar-refractivity contribution in [2.24, 2.45) is 5.16 Å². The molecular formula is C26H25Cl3F2N2O3. The molecule has 0 fully saturated rings. The summed E-state index contributed by atoms with van der Waals surface area (Å²) >= 11 is 17.7. The Bertz CT molecular complexity index is 1230. The molecule has 0 N–H and O–H groups in total. The molecule has 0 saturated carbocycles. The first kappa shape index (κ1) is 28.2. The quantitative estimate of drug-likeness (QED) is 0.242. The highest BCUT2D eigenvalue weighted by Gasteiger charge is 2.60. The number of esters is 1. The number of unbranched alkanes of at least 4 members (excludes halogenated alkanes) is 1. The van der Waals surface area contributed by atoms with Crippen molar-refractivity contribution in [1.82, 2.24) is 0 Å². The van der Waals surface area contributed by atoms with Gasteiger partial charge in [0.05, 0.1) is 26.9 Å². The molecule has 1 heterocycles. The minimum absolute atomic E-state index is 0.0507. The Labute approximate surface area is 223 Å². The maximum atomic E-state index is 14.8. The summed E-state index contributed by atoms with van der Waals surface area (Å²) in [6.07, 6.45) is 2.25. The van der Waals surface area contributed by atoms with Crippen LogP contribution >= 0.6 is 34.8 Å². The number of oxime groups is 1. The summed E-state index contributed by atoms with van der Waals surface area (Å²) in [6, 6.07) is 8.97. The van der Waals surface area contributed by atoms with Gasteiger partial charge < -0.3 is 9.57 Å². The van der Waals surface area contributed by atoms with E-state index in [0.29, 0.717) is 16.7 Å². The van der Waals surface area contributed by atoms with Crippen LogP contribution in [0, 0.1) is 18.3 Å². The molecule has 0 aromatic heterocycles. The summed E-state index contributed by atoms with van der Waals surface area (Å²) in [5.41, 5.74) is -1.57. The van der Waals surface area contributed by atoms with Crippen LogP contribution in [0.3, 0.4) is 0 Å². The van der Waals surface area contributed by atoms with Crippen molar-refractivity contribution >= 4 is 46.5 Å². The third-order valence-corrected chi connectivity index (χ3v) is 6.99. The fourth-order valence-electron chi connectivity index (χ4n) is 4.00. The number of aryl methyl sites for hydroxylation is 1. The normalized spacial score (nSPS) is 17.8. The van der Waals surface area contributed by atoms with E-state index in [9.17, 15) is 18.8 Å². The Kier molecular flexibility index (Phi) is 8.24. The van der Waals surface area contributed by atoms with Crippen LogP contribution in [-0.2, 0) is 15.2 Å². The maximum Gasteiger partial charge on any atom is 0.367 e. The SMILES string of the molecule is CCCCC(C)(C)OC(=O)c1ccc(C2=NOC(c3cc(Cl)c(C#N)c(Cl)c3)(C(F)(F)Cl)C2)cc1C. The molecule has 0 bridgehead atoms. The number of carbonyl (C=O) groups is 1. The fourth-order valence-corrected chi connectivity index (χ4v) is 4.79. The van der Waals surface area contributed by atoms with Gasteiger partial charge in [0, 0.05) is 12.0 Å². The van der Waals surface area contributed by atoms with Crippen molar-refractivity contribution in [3.05, 3.63) is 68.2 Å². The Morgan fingerprint density at radius 3 is 2.42 bits per heavy atom. The number of rotatable bonds is 8. The highest BCUT2D eigenvalue weighted by molar-refractivity contribution is 6.36. The summed E-state index contributed by atoms with van der Waals surface area (Å²) in [4.78, 5) is 18.0. The molecule has 1 aliphatic rings. The zero-order valence-electron chi connectivity index (χ0n) is 20.2. The van der Waals surface area contributed by atoms with Crippen LogP contribution in [0.25, 0.3) is 0 Å². The molecule has 0 radical (unpaired) electrons. The smallest absolute Gasteiger partial charge is 0.367 e. The lowest BCUT2D eigenvalue weighted by atomic mass is 9.86. The van der Waals surface area contributed by atoms with Gasteiger partial charge in [-0.15, -0.1) is 0 Å². The third-order valence-electron chi connectivity index (χ3n) is 6.09. The van der Waals surface area contributed by atoms with Gasteiger partial charge in [0.2, 0.25) is 5.60 Å². The average Bonchev–Trinajstić information content (AvgIpc) is 3.24. The van der Waals surface area contributed by atoms with E-state index >= 15 is 0 Å². The van der Waals surface area contributed by atoms with E-state index in [1.807, 2.05) is 19.9 Å². The molecule has 0 amide bonds. The van der Waals surface area contributed by atoms with Crippen LogP contribution in [-0.4, -0.2) is 22.7 Å². The topological polar surface area (TPSA) is 71.7 Å². The Morgan fingerprint density at radius 2 is 1.89 bits per heavy atom. The molecule has 0 spiro atoms. The molecule has 192 valence electrons. The van der Waals surface area contributed by atoms with E-state index < -0.39 is 29.0 Å². The van der Waals surface area contributed by atoms with Crippen LogP contribution in [0.2, 0.25) is 10.0 Å². The van der Waals surface area contributed by atoms with Gasteiger partial charge in [-0.1, -0.05) is 47.8 Å². The van der Waals surface area contributed by atoms with Crippen molar-refractivity contribution in [3.8, 4) is 6.07 Å². The monoisotopic (exact) mass is 556 g/mol. The molecule has 1 aliphatic heterocycles. The lowest BCUT2D eigenvalue weighted by molar-refractivity contribution is -0.155. The molecule has 2 aromatic carbocycles. The predicted molar refractivity (Wildman–Crippen MR) is 136 cm³/mol. The van der Waals surface area contributed by atoms with Crippen molar-refractivity contribution in [3.63, 3.8) is 0 Å². The standard InChI is InChI=1S/C26H25Cl3F2N2O3/c1-5-6-9-24(3,4)35-23(34)18-8-7-16(10-15(18)2)22-13-25(36-33-22,26(29,30)31)17-11-20(27)19(14-32)21(28)12-17/h7-8,10-12H,5-6,9,13H2,1-4H3. The van der Waals surface area contributed by atoms with Gasteiger partial charge in [-0.2, -0.15) is 14.0 Å². The molecule has 1 atom stereocenters. The Morgan fingerprint density at radius 1 is 1.25 bits per heavy atom. The molecule has 1 unspecified atom stereocenters. The number of carbonyl (C=O) groups excluding carboxylic acids is 1. The number of hydrogen-bond acceptors (Lipinski definition) is 5. The molecule has 0 saturated heterocycles. The van der Waals surface area contributed by atoms with Crippen LogP contribution in [0.1, 0.15) is 79.1 Å². The second-order valence-corrected chi connectivity index (χ2v) is 10.6. The molecule has 0 aliphatic carbocycles. The summed E-state index contributed by atoms with van der Waals surface area (Å²) in [5, 5.41) is 8.95. The number of hydrogen-bond donors (Lipinski definition) is 0. The van der Waals surface area contributed by atoms with Crippen LogP contribution < -0.4 is 0 Å². The zero-order chi connectivity index (χ0) is 26.9. The van der Waals surface area contributed by atoms with Gasteiger partial charge in [-0.3, -0.25) is 0 Å². The number of nitrogens with zero attached hydrogens (tertiary/aromatic N) is 2. The van der Waals surface area contributed by atoms with Gasteiger partial charge in [0.1, 0.15) is 11.7 Å². The lowest BCUT2D eigenvalue weighted by Gasteiger charge is -2.31. The minimum atomic E-state index is -3.90. The minimum Gasteiger partial charge on any atom is -0.456 e. The van der Waals surface area contributed by atoms with Crippen molar-refractivity contribution in [2.45, 2.75) is 70.0 Å². The summed E-state index contributed by atoms with van der Waals surface area (Å²) in [7, 11) is 0. The fraction of sp³-hybridized carbons (Fsp3) is 0.423. The molecule has 3 rings (SSSR count). The van der Waals surface area contributed by atoms with Gasteiger partial charge in [0.25, 0.3) is 0 Å². The Hall–Kier alpha value is -2.40. The predicted octanol–water partition coefficient (Wildman–Crippen LogP) is 8.15. The first-order valence-electron chi connectivity index (χ1n) is 11.3. The van der Waals surface area contributed by atoms with Crippen molar-refractivity contribution in [2.75, 3.05) is 0 Å². The average molecular weight is 558 g/mol. The molecule has 5 nitrogen and oxygen atoms in total. The van der Waals surface area contributed by atoms with E-state index in [1.165, 1.54) is 12.1 Å². The summed E-state index contributed by atoms with van der Waals surface area (Å²) in [5.74, 6) is -0.465. The number of ether oxygens (including phenoxy) is 1. The maximum absolute atomic E-state index is 14.8.